The molecule has 0 saturated heterocycles. The highest BCUT2D eigenvalue weighted by atomic mass is 79.9. The Morgan fingerprint density at radius 3 is 2.67 bits per heavy atom. The fourth-order valence-corrected chi connectivity index (χ4v) is 1.57. The molecule has 78 valence electrons. The average molecular weight is 269 g/mol. The predicted molar refractivity (Wildman–Crippen MR) is 60.9 cm³/mol. The van der Waals surface area contributed by atoms with Crippen LogP contribution in [0.2, 0.25) is 0 Å². The minimum absolute atomic E-state index is 0.172. The lowest BCUT2D eigenvalue weighted by atomic mass is 10.3. The van der Waals surface area contributed by atoms with Gasteiger partial charge in [0.05, 0.1) is 10.5 Å². The van der Waals surface area contributed by atoms with Crippen molar-refractivity contribution in [3.63, 3.8) is 0 Å². The van der Waals surface area contributed by atoms with Crippen molar-refractivity contribution >= 4 is 15.9 Å². The van der Waals surface area contributed by atoms with Gasteiger partial charge in [0.15, 0.2) is 0 Å². The van der Waals surface area contributed by atoms with E-state index in [1.165, 1.54) is 6.07 Å². The molecule has 2 rings (SSSR count). The molecule has 0 bridgehead atoms. The Morgan fingerprint density at radius 1 is 1.33 bits per heavy atom. The second-order valence-corrected chi connectivity index (χ2v) is 4.63. The fraction of sp³-hybridized carbons (Fsp3) is 0.182. The maximum absolute atomic E-state index is 13.4. The molecule has 1 aromatic heterocycles. The average Bonchev–Trinajstić information content (AvgIpc) is 2.67. The van der Waals surface area contributed by atoms with E-state index in [0.717, 1.165) is 5.69 Å². The number of hydrogen-bond acceptors (Lipinski definition) is 1. The molecule has 0 amide bonds. The summed E-state index contributed by atoms with van der Waals surface area (Å²) >= 11 is 3.42. The van der Waals surface area contributed by atoms with E-state index in [2.05, 4.69) is 21.0 Å². The number of para-hydroxylation sites is 1. The summed E-state index contributed by atoms with van der Waals surface area (Å²) in [6.07, 6.45) is 1.76. The largest absolute Gasteiger partial charge is 0.238 e. The van der Waals surface area contributed by atoms with Gasteiger partial charge < -0.3 is 0 Å². The molecule has 0 aliphatic carbocycles. The Labute approximate surface area is 95.9 Å². The molecule has 1 heterocycles. The molecule has 15 heavy (non-hydrogen) atoms. The molecule has 0 saturated carbocycles. The highest BCUT2D eigenvalue weighted by Crippen LogP contribution is 2.20. The van der Waals surface area contributed by atoms with E-state index in [1.54, 1.807) is 29.1 Å². The van der Waals surface area contributed by atoms with E-state index in [0.29, 0.717) is 5.69 Å². The van der Waals surface area contributed by atoms with E-state index < -0.39 is 0 Å². The standard InChI is InChI=1S/C11H10BrFN2/c1-8(12)10-6-7-15(14-10)11-5-3-2-4-9(11)13/h2-8H,1H3. The van der Waals surface area contributed by atoms with Crippen molar-refractivity contribution in [1.82, 2.24) is 9.78 Å². The van der Waals surface area contributed by atoms with Crippen LogP contribution < -0.4 is 0 Å². The molecule has 0 fully saturated rings. The van der Waals surface area contributed by atoms with E-state index in [9.17, 15) is 4.39 Å². The topological polar surface area (TPSA) is 17.8 Å². The number of rotatable bonds is 2. The lowest BCUT2D eigenvalue weighted by Crippen LogP contribution is -1.99. The molecule has 0 spiro atoms. The van der Waals surface area contributed by atoms with Crippen molar-refractivity contribution in [1.29, 1.82) is 0 Å². The number of benzene rings is 1. The highest BCUT2D eigenvalue weighted by molar-refractivity contribution is 9.09. The van der Waals surface area contributed by atoms with Gasteiger partial charge in [0.1, 0.15) is 11.5 Å². The molecule has 4 heteroatoms. The summed E-state index contributed by atoms with van der Waals surface area (Å²) in [5.41, 5.74) is 1.36. The zero-order valence-corrected chi connectivity index (χ0v) is 9.78. The molecule has 0 aliphatic heterocycles. The van der Waals surface area contributed by atoms with Crippen LogP contribution in [-0.4, -0.2) is 9.78 Å². The van der Waals surface area contributed by atoms with Crippen LogP contribution >= 0.6 is 15.9 Å². The number of hydrogen-bond donors (Lipinski definition) is 0. The Balaban J connectivity index is 2.42. The normalized spacial score (nSPS) is 12.7. The lowest BCUT2D eigenvalue weighted by Gasteiger charge is -2.02. The molecule has 1 unspecified atom stereocenters. The van der Waals surface area contributed by atoms with E-state index in [4.69, 9.17) is 0 Å². The number of nitrogens with zero attached hydrogens (tertiary/aromatic N) is 2. The Bertz CT molecular complexity index is 465. The van der Waals surface area contributed by atoms with Crippen molar-refractivity contribution in [2.24, 2.45) is 0 Å². The van der Waals surface area contributed by atoms with Crippen LogP contribution in [0, 0.1) is 5.82 Å². The zero-order chi connectivity index (χ0) is 10.8. The first-order valence-corrected chi connectivity index (χ1v) is 5.54. The van der Waals surface area contributed by atoms with Gasteiger partial charge in [-0.2, -0.15) is 5.10 Å². The van der Waals surface area contributed by atoms with Gasteiger partial charge in [-0.15, -0.1) is 0 Å². The minimum Gasteiger partial charge on any atom is -0.238 e. The Kier molecular flexibility index (Phi) is 2.86. The smallest absolute Gasteiger partial charge is 0.148 e. The summed E-state index contributed by atoms with van der Waals surface area (Å²) in [5.74, 6) is -0.269. The van der Waals surface area contributed by atoms with Gasteiger partial charge in [0.25, 0.3) is 0 Å². The van der Waals surface area contributed by atoms with Crippen molar-refractivity contribution in [3.8, 4) is 5.69 Å². The Hall–Kier alpha value is -1.16. The summed E-state index contributed by atoms with van der Waals surface area (Å²) in [7, 11) is 0. The molecule has 0 N–H and O–H groups in total. The Morgan fingerprint density at radius 2 is 2.07 bits per heavy atom. The van der Waals surface area contributed by atoms with Crippen LogP contribution in [0.1, 0.15) is 17.4 Å². The van der Waals surface area contributed by atoms with Gasteiger partial charge in [-0.3, -0.25) is 0 Å². The highest BCUT2D eigenvalue weighted by Gasteiger charge is 2.08. The van der Waals surface area contributed by atoms with Crippen LogP contribution in [0.25, 0.3) is 5.69 Å². The first kappa shape index (κ1) is 10.4. The summed E-state index contributed by atoms with van der Waals surface area (Å²) in [6.45, 7) is 1.98. The second-order valence-electron chi connectivity index (χ2n) is 3.25. The van der Waals surface area contributed by atoms with Crippen molar-refractivity contribution < 1.29 is 4.39 Å². The first-order valence-electron chi connectivity index (χ1n) is 4.63. The third-order valence-corrected chi connectivity index (χ3v) is 2.59. The molecular formula is C11H10BrFN2. The van der Waals surface area contributed by atoms with Crippen molar-refractivity contribution in [2.75, 3.05) is 0 Å². The maximum Gasteiger partial charge on any atom is 0.148 e. The van der Waals surface area contributed by atoms with E-state index in [-0.39, 0.29) is 10.6 Å². The quantitative estimate of drug-likeness (QED) is 0.763. The monoisotopic (exact) mass is 268 g/mol. The minimum atomic E-state index is -0.269. The summed E-state index contributed by atoms with van der Waals surface area (Å²) in [4.78, 5) is 0.172. The fourth-order valence-electron chi connectivity index (χ4n) is 1.32. The van der Waals surface area contributed by atoms with Crippen LogP contribution in [0.3, 0.4) is 0 Å². The molecule has 2 aromatic rings. The van der Waals surface area contributed by atoms with E-state index in [1.807, 2.05) is 13.0 Å². The lowest BCUT2D eigenvalue weighted by molar-refractivity contribution is 0.610. The van der Waals surface area contributed by atoms with Crippen LogP contribution in [0.15, 0.2) is 36.5 Å². The van der Waals surface area contributed by atoms with Crippen molar-refractivity contribution in [3.05, 3.63) is 48.0 Å². The van der Waals surface area contributed by atoms with E-state index >= 15 is 0 Å². The van der Waals surface area contributed by atoms with Gasteiger partial charge in [-0.25, -0.2) is 9.07 Å². The number of aromatic nitrogens is 2. The second kappa shape index (κ2) is 4.14. The summed E-state index contributed by atoms with van der Waals surface area (Å²) in [6, 6.07) is 8.44. The summed E-state index contributed by atoms with van der Waals surface area (Å²) in [5, 5.41) is 4.27. The third kappa shape index (κ3) is 2.09. The zero-order valence-electron chi connectivity index (χ0n) is 8.19. The summed E-state index contributed by atoms with van der Waals surface area (Å²) < 4.78 is 15.0. The molecule has 2 nitrogen and oxygen atoms in total. The van der Waals surface area contributed by atoms with Crippen LogP contribution in [0.5, 0.6) is 0 Å². The number of halogens is 2. The molecule has 0 aliphatic rings. The SMILES string of the molecule is CC(Br)c1ccn(-c2ccccc2F)n1. The van der Waals surface area contributed by atoms with Crippen LogP contribution in [0.4, 0.5) is 4.39 Å². The molecule has 1 atom stereocenters. The third-order valence-electron chi connectivity index (χ3n) is 2.12. The van der Waals surface area contributed by atoms with Gasteiger partial charge >= 0.3 is 0 Å². The van der Waals surface area contributed by atoms with Gasteiger partial charge in [-0.05, 0) is 25.1 Å². The van der Waals surface area contributed by atoms with Crippen LogP contribution in [-0.2, 0) is 0 Å². The molecular weight excluding hydrogens is 259 g/mol. The molecule has 1 aromatic carbocycles. The number of alkyl halides is 1. The van der Waals surface area contributed by atoms with Gasteiger partial charge in [0, 0.05) is 6.20 Å². The molecule has 0 radical (unpaired) electrons. The predicted octanol–water partition coefficient (Wildman–Crippen LogP) is 3.47. The van der Waals surface area contributed by atoms with Gasteiger partial charge in [-0.1, -0.05) is 28.1 Å². The van der Waals surface area contributed by atoms with Gasteiger partial charge in [0.2, 0.25) is 0 Å². The first-order chi connectivity index (χ1) is 7.18. The van der Waals surface area contributed by atoms with Crippen molar-refractivity contribution in [2.45, 2.75) is 11.8 Å². The maximum atomic E-state index is 13.4.